The second-order valence-corrected chi connectivity index (χ2v) is 8.27. The van der Waals surface area contributed by atoms with Crippen molar-refractivity contribution in [3.8, 4) is 0 Å². The Morgan fingerprint density at radius 2 is 2.03 bits per heavy atom. The van der Waals surface area contributed by atoms with Crippen molar-refractivity contribution in [1.82, 2.24) is 19.7 Å². The minimum Gasteiger partial charge on any atom is -0.394 e. The molecule has 0 radical (unpaired) electrons. The van der Waals surface area contributed by atoms with Crippen LogP contribution in [0.5, 0.6) is 0 Å². The maximum atomic E-state index is 10.1. The molecule has 162 valence electrons. The molecule has 3 atom stereocenters. The van der Waals surface area contributed by atoms with Gasteiger partial charge in [-0.1, -0.05) is 29.6 Å². The van der Waals surface area contributed by atoms with Crippen molar-refractivity contribution in [3.05, 3.63) is 35.7 Å². The number of aliphatic hydroxyl groups is 2. The number of aromatic nitrogens is 4. The fourth-order valence-electron chi connectivity index (χ4n) is 3.99. The molecule has 4 N–H and O–H groups in total. The van der Waals surface area contributed by atoms with E-state index in [9.17, 15) is 10.2 Å². The van der Waals surface area contributed by atoms with E-state index in [1.165, 1.54) is 35.6 Å². The number of ether oxygens (including phenoxy) is 1. The molecule has 2 aliphatic rings. The summed E-state index contributed by atoms with van der Waals surface area (Å²) in [4.78, 5) is 9.57. The number of anilines is 1. The third-order valence-corrected chi connectivity index (χ3v) is 6.40. The number of rotatable bonds is 4. The molecule has 0 saturated carbocycles. The standard InChI is InChI=1S/C19H21N5O3S.HPS.Ti/c20-17-16-18(22-9-21-17)24(15-7-13(26)14(8-25)27-15)23-19(16)28-12-5-4-10-2-1-3-11(10)6-12;1-2;/h4-6,9,13-15,25-26H,1-3,7-8H2,(H2,20,21,22);1H;/t13-,14+,15+;;/m0../s1. The zero-order valence-electron chi connectivity index (χ0n) is 16.6. The SMILES string of the molecule is Nc1ncnc2c1c(Sc1ccc3c(c1)CCC3)nn2[C@H]1C[C@H](O)[C@@H](CO)O1.P=S.[Ti]. The summed E-state index contributed by atoms with van der Waals surface area (Å²) in [5, 5.41) is 25.5. The third kappa shape index (κ3) is 4.87. The number of hydrogen-bond acceptors (Lipinski definition) is 9. The van der Waals surface area contributed by atoms with Gasteiger partial charge in [-0.2, -0.15) is 5.10 Å². The maximum absolute atomic E-state index is 10.1. The van der Waals surface area contributed by atoms with Gasteiger partial charge in [-0.3, -0.25) is 0 Å². The zero-order valence-corrected chi connectivity index (χ0v) is 20.8. The first-order valence-corrected chi connectivity index (χ1v) is 12.0. The Bertz CT molecular complexity index is 1070. The first-order valence-electron chi connectivity index (χ1n) is 9.57. The minimum atomic E-state index is -0.749. The molecule has 1 aliphatic heterocycles. The maximum Gasteiger partial charge on any atom is 0.167 e. The molecule has 1 fully saturated rings. The Labute approximate surface area is 206 Å². The van der Waals surface area contributed by atoms with Gasteiger partial charge in [0, 0.05) is 33.0 Å². The first kappa shape index (κ1) is 24.7. The van der Waals surface area contributed by atoms with E-state index in [4.69, 9.17) is 15.6 Å². The summed E-state index contributed by atoms with van der Waals surface area (Å²) in [6.07, 6.45) is 3.29. The van der Waals surface area contributed by atoms with Crippen LogP contribution in [0.1, 0.15) is 30.2 Å². The third-order valence-electron chi connectivity index (χ3n) is 5.43. The van der Waals surface area contributed by atoms with Crippen LogP contribution in [0.25, 0.3) is 11.0 Å². The van der Waals surface area contributed by atoms with Crippen molar-refractivity contribution in [2.24, 2.45) is 0 Å². The summed E-state index contributed by atoms with van der Waals surface area (Å²) in [6, 6.07) is 6.51. The van der Waals surface area contributed by atoms with Gasteiger partial charge in [-0.15, -0.1) is 0 Å². The van der Waals surface area contributed by atoms with Crippen LogP contribution in [0, 0.1) is 0 Å². The number of aryl methyl sites for hydroxylation is 2. The van der Waals surface area contributed by atoms with Crippen LogP contribution < -0.4 is 5.73 Å². The molecule has 0 spiro atoms. The summed E-state index contributed by atoms with van der Waals surface area (Å²) in [5.74, 6) is 0.358. The van der Waals surface area contributed by atoms with E-state index < -0.39 is 18.4 Å². The van der Waals surface area contributed by atoms with E-state index in [0.29, 0.717) is 28.3 Å². The summed E-state index contributed by atoms with van der Waals surface area (Å²) in [5.41, 5.74) is 9.52. The molecule has 1 aliphatic carbocycles. The Hall–Kier alpha value is -0.966. The topological polar surface area (TPSA) is 119 Å². The minimum absolute atomic E-state index is 0. The average Bonchev–Trinajstić information content (AvgIpc) is 3.46. The molecular weight excluding hydrogens is 489 g/mol. The number of nitrogens with two attached hydrogens (primary N) is 1. The van der Waals surface area contributed by atoms with Gasteiger partial charge in [0.2, 0.25) is 0 Å². The monoisotopic (exact) mass is 511 g/mol. The van der Waals surface area contributed by atoms with Crippen molar-refractivity contribution < 1.29 is 36.7 Å². The Morgan fingerprint density at radius 3 is 2.77 bits per heavy atom. The molecule has 0 bridgehead atoms. The quantitative estimate of drug-likeness (QED) is 0.358. The number of benzene rings is 1. The van der Waals surface area contributed by atoms with E-state index in [0.717, 1.165) is 17.7 Å². The number of hydrogen-bond donors (Lipinski definition) is 3. The summed E-state index contributed by atoms with van der Waals surface area (Å²) < 4.78 is 7.41. The molecule has 3 heterocycles. The number of aliphatic hydroxyl groups excluding tert-OH is 2. The molecule has 31 heavy (non-hydrogen) atoms. The normalized spacial score (nSPS) is 21.9. The number of nitrogen functional groups attached to an aromatic ring is 1. The first-order chi connectivity index (χ1) is 14.6. The molecule has 8 nitrogen and oxygen atoms in total. The zero-order chi connectivity index (χ0) is 21.3. The Kier molecular flexibility index (Phi) is 8.57. The van der Waals surface area contributed by atoms with Crippen molar-refractivity contribution in [1.29, 1.82) is 0 Å². The van der Waals surface area contributed by atoms with Crippen LogP contribution in [0.4, 0.5) is 5.82 Å². The van der Waals surface area contributed by atoms with Crippen molar-refractivity contribution in [3.63, 3.8) is 0 Å². The van der Waals surface area contributed by atoms with Gasteiger partial charge in [-0.25, -0.2) is 14.6 Å². The number of fused-ring (bicyclic) bond motifs is 2. The fraction of sp³-hybridized carbons (Fsp3) is 0.421. The largest absolute Gasteiger partial charge is 0.394 e. The Morgan fingerprint density at radius 1 is 1.26 bits per heavy atom. The van der Waals surface area contributed by atoms with Gasteiger partial charge in [0.25, 0.3) is 0 Å². The molecular formula is C19H22N5O3PS2Ti. The van der Waals surface area contributed by atoms with E-state index in [1.807, 2.05) is 0 Å². The molecule has 3 aromatic rings. The van der Waals surface area contributed by atoms with Gasteiger partial charge >= 0.3 is 0 Å². The van der Waals surface area contributed by atoms with Crippen LogP contribution in [0.3, 0.4) is 0 Å². The molecule has 0 amide bonds. The van der Waals surface area contributed by atoms with Crippen LogP contribution in [-0.4, -0.2) is 48.8 Å². The van der Waals surface area contributed by atoms with Gasteiger partial charge in [-0.05, 0) is 50.5 Å². The van der Waals surface area contributed by atoms with Gasteiger partial charge < -0.3 is 20.7 Å². The van der Waals surface area contributed by atoms with Crippen molar-refractivity contribution in [2.75, 3.05) is 12.3 Å². The molecule has 0 unspecified atom stereocenters. The predicted molar refractivity (Wildman–Crippen MR) is 120 cm³/mol. The van der Waals surface area contributed by atoms with Crippen molar-refractivity contribution >= 4 is 48.4 Å². The summed E-state index contributed by atoms with van der Waals surface area (Å²) >= 11 is 5.41. The van der Waals surface area contributed by atoms with E-state index >= 15 is 0 Å². The van der Waals surface area contributed by atoms with Gasteiger partial charge in [0.05, 0.1) is 18.1 Å². The van der Waals surface area contributed by atoms with Crippen LogP contribution in [-0.2, 0) is 51.1 Å². The van der Waals surface area contributed by atoms with Crippen molar-refractivity contribution in [2.45, 2.75) is 54.0 Å². The smallest absolute Gasteiger partial charge is 0.167 e. The Balaban J connectivity index is 0.000000883. The summed E-state index contributed by atoms with van der Waals surface area (Å²) in [6.45, 7) is -0.245. The molecule has 2 aromatic heterocycles. The molecule has 5 rings (SSSR count). The molecule has 12 heteroatoms. The average molecular weight is 511 g/mol. The second kappa shape index (κ2) is 10.8. The molecule has 1 aromatic carbocycles. The van der Waals surface area contributed by atoms with E-state index in [2.05, 4.69) is 48.0 Å². The van der Waals surface area contributed by atoms with E-state index in [1.54, 1.807) is 4.68 Å². The fourth-order valence-corrected chi connectivity index (χ4v) is 4.97. The van der Waals surface area contributed by atoms with E-state index in [-0.39, 0.29) is 28.3 Å². The molecule has 1 saturated heterocycles. The summed E-state index contributed by atoms with van der Waals surface area (Å²) in [7, 11) is 2.56. The van der Waals surface area contributed by atoms with Crippen LogP contribution in [0.2, 0.25) is 0 Å². The number of nitrogens with zero attached hydrogens (tertiary/aromatic N) is 4. The van der Waals surface area contributed by atoms with Crippen LogP contribution >= 0.6 is 19.8 Å². The van der Waals surface area contributed by atoms with Gasteiger partial charge in [0.15, 0.2) is 11.9 Å². The van der Waals surface area contributed by atoms with Crippen LogP contribution in [0.15, 0.2) is 34.4 Å². The predicted octanol–water partition coefficient (Wildman–Crippen LogP) is 2.28. The second-order valence-electron chi connectivity index (χ2n) is 7.21. The van der Waals surface area contributed by atoms with Gasteiger partial charge in [0.1, 0.15) is 23.3 Å².